The van der Waals surface area contributed by atoms with Crippen molar-refractivity contribution in [2.75, 3.05) is 13.7 Å². The molecule has 18 heavy (non-hydrogen) atoms. The molecule has 0 saturated carbocycles. The Morgan fingerprint density at radius 2 is 2.33 bits per heavy atom. The molecule has 1 aromatic carbocycles. The second-order valence-corrected chi connectivity index (χ2v) is 4.39. The Hall–Kier alpha value is -1.31. The van der Waals surface area contributed by atoms with Crippen molar-refractivity contribution in [3.05, 3.63) is 21.7 Å². The number of nitrogens with two attached hydrogens (primary N) is 1. The lowest BCUT2D eigenvalue weighted by Crippen LogP contribution is -2.18. The molecule has 0 radical (unpaired) electrons. The van der Waals surface area contributed by atoms with Gasteiger partial charge in [0, 0.05) is 24.1 Å². The van der Waals surface area contributed by atoms with Crippen molar-refractivity contribution in [3.8, 4) is 11.5 Å². The summed E-state index contributed by atoms with van der Waals surface area (Å²) in [6, 6.07) is 1.78. The van der Waals surface area contributed by atoms with Gasteiger partial charge in [-0.2, -0.15) is 0 Å². The molecular weight excluding hydrogens is 304 g/mol. The van der Waals surface area contributed by atoms with Crippen molar-refractivity contribution in [1.29, 1.82) is 0 Å². The summed E-state index contributed by atoms with van der Waals surface area (Å²) >= 11 is 3.31. The number of fused-ring (bicyclic) bond motifs is 1. The van der Waals surface area contributed by atoms with E-state index in [2.05, 4.69) is 21.1 Å². The average Bonchev–Trinajstić information content (AvgIpc) is 2.34. The van der Waals surface area contributed by atoms with Crippen molar-refractivity contribution in [3.63, 3.8) is 0 Å². The molecule has 1 aromatic rings. The summed E-state index contributed by atoms with van der Waals surface area (Å²) in [7, 11) is 1.50. The van der Waals surface area contributed by atoms with Gasteiger partial charge in [0.15, 0.2) is 0 Å². The fourth-order valence-corrected chi connectivity index (χ4v) is 2.36. The molecule has 0 aromatic heterocycles. The number of benzene rings is 1. The summed E-state index contributed by atoms with van der Waals surface area (Å²) in [6.45, 7) is 0.757. The second-order valence-electron chi connectivity index (χ2n) is 3.60. The number of hydrogen-bond acceptors (Lipinski definition) is 5. The number of oxime groups is 1. The molecule has 5 N–H and O–H groups in total. The second kappa shape index (κ2) is 6.03. The van der Waals surface area contributed by atoms with Crippen molar-refractivity contribution < 1.29 is 20.2 Å². The summed E-state index contributed by atoms with van der Waals surface area (Å²) < 4.78 is 6.04. The molecule has 6 nitrogen and oxygen atoms in total. The highest BCUT2D eigenvalue weighted by Gasteiger charge is 2.24. The highest BCUT2D eigenvalue weighted by molar-refractivity contribution is 9.10. The van der Waals surface area contributed by atoms with Crippen LogP contribution in [0.2, 0.25) is 0 Å². The molecule has 0 amide bonds. The molecule has 0 saturated heterocycles. The molecule has 0 spiro atoms. The van der Waals surface area contributed by atoms with E-state index in [0.717, 1.165) is 11.3 Å². The number of nitrogens with zero attached hydrogens (tertiary/aromatic N) is 1. The predicted molar refractivity (Wildman–Crippen MR) is 71.0 cm³/mol. The van der Waals surface area contributed by atoms with E-state index in [1.165, 1.54) is 7.11 Å². The minimum Gasteiger partial charge on any atom is -0.506 e. The van der Waals surface area contributed by atoms with Gasteiger partial charge in [-0.1, -0.05) is 5.16 Å². The minimum atomic E-state index is 0. The summed E-state index contributed by atoms with van der Waals surface area (Å²) in [4.78, 5) is 4.81. The van der Waals surface area contributed by atoms with Gasteiger partial charge in [-0.3, -0.25) is 0 Å². The Morgan fingerprint density at radius 1 is 1.61 bits per heavy atom. The molecule has 0 atom stereocenters. The van der Waals surface area contributed by atoms with Gasteiger partial charge in [-0.05, 0) is 22.0 Å². The standard InChI is InChI=1S/C11H13BrN2O3.H2O/c1-16-14-8-2-3-17-11-7(8)4-6(5-13)10(15)9(11)12;/h4,15H,2-3,5,13H2,1H3;1H2/b14-8+;. The third-order valence-corrected chi connectivity index (χ3v) is 3.33. The zero-order valence-corrected chi connectivity index (χ0v) is 11.5. The smallest absolute Gasteiger partial charge is 0.146 e. The van der Waals surface area contributed by atoms with Gasteiger partial charge in [0.1, 0.15) is 23.1 Å². The van der Waals surface area contributed by atoms with E-state index in [4.69, 9.17) is 15.3 Å². The van der Waals surface area contributed by atoms with Crippen molar-refractivity contribution in [2.45, 2.75) is 13.0 Å². The summed E-state index contributed by atoms with van der Waals surface area (Å²) in [5.41, 5.74) is 7.83. The Kier molecular flexibility index (Phi) is 4.94. The van der Waals surface area contributed by atoms with Gasteiger partial charge in [-0.15, -0.1) is 0 Å². The number of halogens is 1. The number of ether oxygens (including phenoxy) is 1. The molecule has 0 unspecified atom stereocenters. The number of hydrogen-bond donors (Lipinski definition) is 2. The van der Waals surface area contributed by atoms with Gasteiger partial charge < -0.3 is 25.9 Å². The maximum absolute atomic E-state index is 9.89. The molecular formula is C11H15BrN2O4. The zero-order valence-electron chi connectivity index (χ0n) is 9.86. The van der Waals surface area contributed by atoms with Crippen LogP contribution in [-0.4, -0.2) is 30.0 Å². The first-order valence-electron chi connectivity index (χ1n) is 5.16. The van der Waals surface area contributed by atoms with Gasteiger partial charge in [-0.25, -0.2) is 0 Å². The Balaban J connectivity index is 0.00000162. The highest BCUT2D eigenvalue weighted by atomic mass is 79.9. The first-order chi connectivity index (χ1) is 8.19. The van der Waals surface area contributed by atoms with Crippen LogP contribution in [0, 0.1) is 0 Å². The fourth-order valence-electron chi connectivity index (χ4n) is 1.78. The van der Waals surface area contributed by atoms with E-state index in [0.29, 0.717) is 28.8 Å². The van der Waals surface area contributed by atoms with E-state index >= 15 is 0 Å². The molecule has 1 heterocycles. The largest absolute Gasteiger partial charge is 0.506 e. The molecule has 0 bridgehead atoms. The maximum atomic E-state index is 9.89. The van der Waals surface area contributed by atoms with E-state index in [9.17, 15) is 5.11 Å². The lowest BCUT2D eigenvalue weighted by Gasteiger charge is -2.21. The van der Waals surface area contributed by atoms with Gasteiger partial charge in [0.2, 0.25) is 0 Å². The average molecular weight is 319 g/mol. The summed E-state index contributed by atoms with van der Waals surface area (Å²) in [5.74, 6) is 0.701. The third-order valence-electron chi connectivity index (χ3n) is 2.59. The fraction of sp³-hybridized carbons (Fsp3) is 0.364. The van der Waals surface area contributed by atoms with Crippen LogP contribution in [0.1, 0.15) is 17.5 Å². The maximum Gasteiger partial charge on any atom is 0.146 e. The quantitative estimate of drug-likeness (QED) is 0.790. The van der Waals surface area contributed by atoms with Crippen molar-refractivity contribution >= 4 is 21.6 Å². The monoisotopic (exact) mass is 318 g/mol. The summed E-state index contributed by atoms with van der Waals surface area (Å²) in [5, 5.41) is 13.9. The lowest BCUT2D eigenvalue weighted by molar-refractivity contribution is 0.210. The van der Waals surface area contributed by atoms with E-state index in [1.54, 1.807) is 6.07 Å². The molecule has 0 fully saturated rings. The first-order valence-corrected chi connectivity index (χ1v) is 5.96. The van der Waals surface area contributed by atoms with Crippen LogP contribution in [0.5, 0.6) is 11.5 Å². The predicted octanol–water partition coefficient (Wildman–Crippen LogP) is 0.922. The van der Waals surface area contributed by atoms with Crippen molar-refractivity contribution in [1.82, 2.24) is 0 Å². The molecule has 2 rings (SSSR count). The van der Waals surface area contributed by atoms with E-state index in [-0.39, 0.29) is 17.8 Å². The highest BCUT2D eigenvalue weighted by Crippen LogP contribution is 2.41. The topological polar surface area (TPSA) is 109 Å². The first kappa shape index (κ1) is 14.7. The number of phenolic OH excluding ortho intramolecular Hbond substituents is 1. The summed E-state index contributed by atoms with van der Waals surface area (Å²) in [6.07, 6.45) is 0.669. The van der Waals surface area contributed by atoms with Crippen molar-refractivity contribution in [2.24, 2.45) is 10.9 Å². The van der Waals surface area contributed by atoms with Crippen LogP contribution >= 0.6 is 15.9 Å². The van der Waals surface area contributed by atoms with Gasteiger partial charge in [0.05, 0.1) is 12.3 Å². The van der Waals surface area contributed by atoms with Crippen LogP contribution in [0.25, 0.3) is 0 Å². The SMILES string of the molecule is CO/N=C1\CCOc2c1cc(CN)c(O)c2Br.O. The van der Waals surface area contributed by atoms with Crippen LogP contribution in [0.4, 0.5) is 0 Å². The number of rotatable bonds is 2. The molecule has 7 heteroatoms. The van der Waals surface area contributed by atoms with Crippen LogP contribution in [0.3, 0.4) is 0 Å². The Bertz CT molecular complexity index is 477. The molecule has 1 aliphatic rings. The van der Waals surface area contributed by atoms with Crippen LogP contribution in [0.15, 0.2) is 15.7 Å². The third kappa shape index (κ3) is 2.43. The minimum absolute atomic E-state index is 0. The van der Waals surface area contributed by atoms with Crippen LogP contribution < -0.4 is 10.5 Å². The lowest BCUT2D eigenvalue weighted by atomic mass is 10.0. The number of phenols is 1. The van der Waals surface area contributed by atoms with Gasteiger partial charge in [0.25, 0.3) is 0 Å². The van der Waals surface area contributed by atoms with Crippen LogP contribution in [-0.2, 0) is 11.4 Å². The zero-order chi connectivity index (χ0) is 12.4. The molecule has 1 aliphatic heterocycles. The Morgan fingerprint density at radius 3 is 2.94 bits per heavy atom. The molecule has 100 valence electrons. The normalized spacial score (nSPS) is 15.6. The van der Waals surface area contributed by atoms with E-state index in [1.807, 2.05) is 0 Å². The van der Waals surface area contributed by atoms with E-state index < -0.39 is 0 Å². The molecule has 0 aliphatic carbocycles. The number of aromatic hydroxyl groups is 1. The van der Waals surface area contributed by atoms with Gasteiger partial charge >= 0.3 is 0 Å². The Labute approximate surface area is 113 Å².